The molecule has 2 aromatic heterocycles. The van der Waals surface area contributed by atoms with Crippen LogP contribution >= 0.6 is 0 Å². The Morgan fingerprint density at radius 3 is 1.49 bits per heavy atom. The lowest BCUT2D eigenvalue weighted by molar-refractivity contribution is 1.16. The summed E-state index contributed by atoms with van der Waals surface area (Å²) in [4.78, 5) is 0. The largest absolute Gasteiger partial charge is 0.309 e. The molecule has 2 heteroatoms. The lowest BCUT2D eigenvalue weighted by atomic mass is 9.92. The number of hydrogen-bond acceptors (Lipinski definition) is 0. The first-order valence-corrected chi connectivity index (χ1v) is 18.3. The Kier molecular flexibility index (Phi) is 6.35. The molecule has 0 unspecified atom stereocenters. The van der Waals surface area contributed by atoms with Gasteiger partial charge in [0, 0.05) is 32.9 Å². The van der Waals surface area contributed by atoms with Crippen LogP contribution in [-0.2, 0) is 0 Å². The van der Waals surface area contributed by atoms with Crippen LogP contribution < -0.4 is 0 Å². The van der Waals surface area contributed by atoms with Gasteiger partial charge in [-0.05, 0) is 111 Å². The minimum absolute atomic E-state index is 1.05. The predicted octanol–water partition coefficient (Wildman–Crippen LogP) is 14.0. The fourth-order valence-electron chi connectivity index (χ4n) is 8.80. The van der Waals surface area contributed by atoms with Crippen molar-refractivity contribution in [1.82, 2.24) is 9.13 Å². The minimum Gasteiger partial charge on any atom is -0.309 e. The Bertz CT molecular complexity index is 3230. The molecule has 248 valence electrons. The molecule has 0 spiro atoms. The van der Waals surface area contributed by atoms with Crippen molar-refractivity contribution in [3.05, 3.63) is 188 Å². The number of hydrogen-bond donors (Lipinski definition) is 0. The van der Waals surface area contributed by atoms with Gasteiger partial charge in [-0.15, -0.1) is 0 Å². The van der Waals surface area contributed by atoms with E-state index in [0.717, 1.165) is 22.5 Å². The molecular formula is C51H34N2. The van der Waals surface area contributed by atoms with Crippen molar-refractivity contribution in [3.63, 3.8) is 0 Å². The zero-order chi connectivity index (χ0) is 35.2. The third-order valence-electron chi connectivity index (χ3n) is 11.3. The fraction of sp³-hybridized carbons (Fsp3) is 0.0196. The Labute approximate surface area is 307 Å². The SMILES string of the molecule is C=C(C)c1ccc2c3cc(-n4c5ccccc5c5ccccc54)ccc3n(-c3cccc(-c4ccc5c6ccccc6c6ccccc6c5c4)c3)c2c1. The van der Waals surface area contributed by atoms with Crippen molar-refractivity contribution in [2.24, 2.45) is 0 Å². The molecule has 11 rings (SSSR count). The summed E-state index contributed by atoms with van der Waals surface area (Å²) in [7, 11) is 0. The number of para-hydroxylation sites is 2. The standard InChI is InChI=1S/C51H34N2/c1-32(2)33-22-26-45-47-31-37(52-48-20-9-7-18-43(48)44-19-8-10-21-49(44)52)24-27-50(47)53(51(45)30-33)36-13-11-12-34(28-36)35-23-25-42-40-16-4-3-14-38(40)39-15-5-6-17-41(39)46(42)29-35/h3-31H,1H2,2H3. The normalized spacial score (nSPS) is 11.9. The van der Waals surface area contributed by atoms with E-state index >= 15 is 0 Å². The number of nitrogens with zero attached hydrogens (tertiary/aromatic N) is 2. The quantitative estimate of drug-likeness (QED) is 0.164. The van der Waals surface area contributed by atoms with Crippen molar-refractivity contribution in [3.8, 4) is 22.5 Å². The molecule has 0 amide bonds. The van der Waals surface area contributed by atoms with Gasteiger partial charge in [-0.3, -0.25) is 0 Å². The first-order chi connectivity index (χ1) is 26.1. The topological polar surface area (TPSA) is 9.86 Å². The molecule has 0 N–H and O–H groups in total. The maximum atomic E-state index is 4.30. The van der Waals surface area contributed by atoms with E-state index in [4.69, 9.17) is 0 Å². The summed E-state index contributed by atoms with van der Waals surface area (Å²) >= 11 is 0. The van der Waals surface area contributed by atoms with Gasteiger partial charge in [0.05, 0.1) is 22.1 Å². The molecule has 2 heterocycles. The van der Waals surface area contributed by atoms with Crippen molar-refractivity contribution in [1.29, 1.82) is 0 Å². The van der Waals surface area contributed by atoms with Crippen molar-refractivity contribution in [2.45, 2.75) is 6.92 Å². The summed E-state index contributed by atoms with van der Waals surface area (Å²) in [6, 6.07) is 64.7. The van der Waals surface area contributed by atoms with Crippen LogP contribution in [0.1, 0.15) is 12.5 Å². The summed E-state index contributed by atoms with van der Waals surface area (Å²) in [5.74, 6) is 0. The molecule has 0 aliphatic rings. The zero-order valence-corrected chi connectivity index (χ0v) is 29.3. The highest BCUT2D eigenvalue weighted by Gasteiger charge is 2.18. The summed E-state index contributed by atoms with van der Waals surface area (Å²) in [5, 5.41) is 12.7. The zero-order valence-electron chi connectivity index (χ0n) is 29.3. The molecule has 0 saturated heterocycles. The van der Waals surface area contributed by atoms with Crippen LogP contribution in [-0.4, -0.2) is 9.13 Å². The second-order valence-electron chi connectivity index (χ2n) is 14.3. The first-order valence-electron chi connectivity index (χ1n) is 18.3. The van der Waals surface area contributed by atoms with Crippen molar-refractivity contribution < 1.29 is 0 Å². The van der Waals surface area contributed by atoms with Gasteiger partial charge < -0.3 is 9.13 Å². The molecule has 0 radical (unpaired) electrons. The first kappa shape index (κ1) is 29.8. The fourth-order valence-corrected chi connectivity index (χ4v) is 8.80. The van der Waals surface area contributed by atoms with Gasteiger partial charge >= 0.3 is 0 Å². The number of aromatic nitrogens is 2. The van der Waals surface area contributed by atoms with E-state index in [0.29, 0.717) is 0 Å². The van der Waals surface area contributed by atoms with Gasteiger partial charge in [0.2, 0.25) is 0 Å². The van der Waals surface area contributed by atoms with Crippen LogP contribution in [0.3, 0.4) is 0 Å². The van der Waals surface area contributed by atoms with Gasteiger partial charge in [-0.2, -0.15) is 0 Å². The number of allylic oxidation sites excluding steroid dienone is 1. The lowest BCUT2D eigenvalue weighted by Gasteiger charge is -2.14. The highest BCUT2D eigenvalue weighted by Crippen LogP contribution is 2.40. The summed E-state index contributed by atoms with van der Waals surface area (Å²) in [5.41, 5.74) is 11.7. The average molecular weight is 675 g/mol. The minimum atomic E-state index is 1.05. The molecule has 53 heavy (non-hydrogen) atoms. The lowest BCUT2D eigenvalue weighted by Crippen LogP contribution is -1.96. The second kappa shape index (κ2) is 11.3. The Hall–Kier alpha value is -6.90. The predicted molar refractivity (Wildman–Crippen MR) is 228 cm³/mol. The number of fused-ring (bicyclic) bond motifs is 12. The van der Waals surface area contributed by atoms with E-state index in [1.165, 1.54) is 87.1 Å². The Morgan fingerprint density at radius 1 is 0.340 bits per heavy atom. The second-order valence-corrected chi connectivity index (χ2v) is 14.3. The monoisotopic (exact) mass is 674 g/mol. The molecule has 11 aromatic rings. The van der Waals surface area contributed by atoms with E-state index in [-0.39, 0.29) is 0 Å². The van der Waals surface area contributed by atoms with Gasteiger partial charge in [-0.25, -0.2) is 0 Å². The molecule has 0 bridgehead atoms. The maximum Gasteiger partial charge on any atom is 0.0547 e. The smallest absolute Gasteiger partial charge is 0.0547 e. The molecule has 0 atom stereocenters. The van der Waals surface area contributed by atoms with E-state index in [9.17, 15) is 0 Å². The Morgan fingerprint density at radius 2 is 0.830 bits per heavy atom. The van der Waals surface area contributed by atoms with Crippen molar-refractivity contribution in [2.75, 3.05) is 0 Å². The van der Waals surface area contributed by atoms with Crippen LogP contribution in [0, 0.1) is 0 Å². The van der Waals surface area contributed by atoms with Gasteiger partial charge in [0.1, 0.15) is 0 Å². The maximum absolute atomic E-state index is 4.30. The summed E-state index contributed by atoms with van der Waals surface area (Å²) in [6.07, 6.45) is 0. The van der Waals surface area contributed by atoms with Crippen LogP contribution in [0.2, 0.25) is 0 Å². The van der Waals surface area contributed by atoms with E-state index in [1.807, 2.05) is 0 Å². The molecular weight excluding hydrogens is 641 g/mol. The third-order valence-corrected chi connectivity index (χ3v) is 11.3. The van der Waals surface area contributed by atoms with Crippen LogP contribution in [0.4, 0.5) is 0 Å². The Balaban J connectivity index is 1.13. The average Bonchev–Trinajstić information content (AvgIpc) is 3.73. The van der Waals surface area contributed by atoms with E-state index in [2.05, 4.69) is 199 Å². The van der Waals surface area contributed by atoms with Crippen LogP contribution in [0.25, 0.3) is 104 Å². The third kappa shape index (κ3) is 4.39. The highest BCUT2D eigenvalue weighted by atomic mass is 15.0. The molecule has 0 fully saturated rings. The highest BCUT2D eigenvalue weighted by molar-refractivity contribution is 6.25. The molecule has 0 aliphatic carbocycles. The molecule has 0 saturated carbocycles. The molecule has 2 nitrogen and oxygen atoms in total. The number of benzene rings is 9. The molecule has 0 aliphatic heterocycles. The van der Waals surface area contributed by atoms with Crippen LogP contribution in [0.5, 0.6) is 0 Å². The van der Waals surface area contributed by atoms with Crippen LogP contribution in [0.15, 0.2) is 183 Å². The number of rotatable bonds is 4. The van der Waals surface area contributed by atoms with Gasteiger partial charge in [-0.1, -0.05) is 133 Å². The van der Waals surface area contributed by atoms with E-state index < -0.39 is 0 Å². The van der Waals surface area contributed by atoms with Gasteiger partial charge in [0.25, 0.3) is 0 Å². The molecule has 9 aromatic carbocycles. The van der Waals surface area contributed by atoms with E-state index in [1.54, 1.807) is 0 Å². The van der Waals surface area contributed by atoms with Crippen molar-refractivity contribution >= 4 is 81.5 Å². The summed E-state index contributed by atoms with van der Waals surface area (Å²) < 4.78 is 4.84. The van der Waals surface area contributed by atoms with Gasteiger partial charge in [0.15, 0.2) is 0 Å². The summed E-state index contributed by atoms with van der Waals surface area (Å²) in [6.45, 7) is 6.39.